The van der Waals surface area contributed by atoms with Gasteiger partial charge in [-0.05, 0) is 0 Å². The van der Waals surface area contributed by atoms with Crippen LogP contribution in [0.4, 0.5) is 0 Å². The van der Waals surface area contributed by atoms with Gasteiger partial charge < -0.3 is 27.4 Å². The van der Waals surface area contributed by atoms with Crippen molar-refractivity contribution in [1.82, 2.24) is 0 Å². The van der Waals surface area contributed by atoms with Gasteiger partial charge in [0.25, 0.3) is 0 Å². The van der Waals surface area contributed by atoms with Gasteiger partial charge in [-0.2, -0.15) is 0 Å². The van der Waals surface area contributed by atoms with E-state index in [4.69, 9.17) is 0 Å². The summed E-state index contributed by atoms with van der Waals surface area (Å²) in [6.07, 6.45) is 0. The van der Waals surface area contributed by atoms with Crippen LogP contribution in [0.3, 0.4) is 0 Å². The van der Waals surface area contributed by atoms with E-state index in [1.165, 1.54) is 0 Å². The Morgan fingerprint density at radius 2 is 0.429 bits per heavy atom. The monoisotopic (exact) mass is 198 g/mol. The van der Waals surface area contributed by atoms with Crippen LogP contribution in [0.1, 0.15) is 0 Å². The van der Waals surface area contributed by atoms with Crippen molar-refractivity contribution in [2.45, 2.75) is 0 Å². The smallest absolute Gasteiger partial charge is 0.870 e. The van der Waals surface area contributed by atoms with Gasteiger partial charge in [-0.3, -0.25) is 0 Å². The summed E-state index contributed by atoms with van der Waals surface area (Å²) in [5.74, 6) is 0. The molecule has 0 heterocycles. The number of rotatable bonds is 0. The van der Waals surface area contributed by atoms with Crippen molar-refractivity contribution in [3.05, 3.63) is 0 Å². The molecule has 0 unspecified atom stereocenters. The van der Waals surface area contributed by atoms with E-state index < -0.39 is 0 Å². The van der Waals surface area contributed by atoms with Crippen molar-refractivity contribution in [1.29, 1.82) is 0 Å². The van der Waals surface area contributed by atoms with Gasteiger partial charge in [0.15, 0.2) is 0 Å². The maximum atomic E-state index is 0. The van der Waals surface area contributed by atoms with Crippen LogP contribution in [0.25, 0.3) is 0 Å². The molecule has 0 atom stereocenters. The Balaban J connectivity index is 0. The van der Waals surface area contributed by atoms with Gasteiger partial charge in [0.2, 0.25) is 0 Å². The maximum Gasteiger partial charge on any atom is 2.00 e. The molecule has 0 radical (unpaired) electrons. The van der Waals surface area contributed by atoms with Crippen LogP contribution in [0.2, 0.25) is 0 Å². The molecular weight excluding hydrogens is 192 g/mol. The van der Waals surface area contributed by atoms with Crippen molar-refractivity contribution < 1.29 is 61.5 Å². The van der Waals surface area contributed by atoms with Gasteiger partial charge in [-0.25, -0.2) is 0 Å². The molecule has 0 amide bonds. The molecule has 7 heavy (non-hydrogen) atoms. The normalized spacial score (nSPS) is 0. The van der Waals surface area contributed by atoms with Crippen molar-refractivity contribution in [3.8, 4) is 0 Å². The first-order chi connectivity index (χ1) is 0. The second-order valence-electron chi connectivity index (χ2n) is 0. The van der Waals surface area contributed by atoms with Crippen LogP contribution >= 0.6 is 0 Å². The summed E-state index contributed by atoms with van der Waals surface area (Å²) in [4.78, 5) is 0. The minimum Gasteiger partial charge on any atom is -0.870 e. The van der Waals surface area contributed by atoms with E-state index in [2.05, 4.69) is 0 Å². The quantitative estimate of drug-likeness (QED) is 0.432. The van der Waals surface area contributed by atoms with Crippen molar-refractivity contribution >= 4 is 0 Å². The fraction of sp³-hybridized carbons (Fsp3) is 0. The van der Waals surface area contributed by atoms with Crippen LogP contribution in [0, 0.1) is 0 Å². The second-order valence-corrected chi connectivity index (χ2v) is 0. The molecule has 0 aliphatic rings. The van der Waals surface area contributed by atoms with Crippen LogP contribution in [-0.4, -0.2) is 27.4 Å². The minimum absolute atomic E-state index is 0. The molecule has 0 aromatic heterocycles. The molecule has 0 aromatic carbocycles. The molecule has 0 bridgehead atoms. The molecular formula is H6Fe2O5. The number of hydrogen-bond acceptors (Lipinski definition) is 4. The van der Waals surface area contributed by atoms with E-state index >= 15 is 0 Å². The van der Waals surface area contributed by atoms with E-state index in [0.29, 0.717) is 0 Å². The van der Waals surface area contributed by atoms with Gasteiger partial charge in [0.05, 0.1) is 0 Å². The average molecular weight is 198 g/mol. The molecule has 0 fully saturated rings. The van der Waals surface area contributed by atoms with E-state index in [1.807, 2.05) is 0 Å². The third-order valence-corrected chi connectivity index (χ3v) is 0. The largest absolute Gasteiger partial charge is 2.00 e. The molecule has 0 rings (SSSR count). The zero-order chi connectivity index (χ0) is 0. The third kappa shape index (κ3) is 228. The fourth-order valence-corrected chi connectivity index (χ4v) is 0. The first-order valence-corrected chi connectivity index (χ1v) is 0. The Labute approximate surface area is 62.0 Å². The number of hydrogen-bond donors (Lipinski definition) is 0. The summed E-state index contributed by atoms with van der Waals surface area (Å²) in [5, 5.41) is 0. The Bertz CT molecular complexity index is 6.04. The van der Waals surface area contributed by atoms with Crippen LogP contribution in [0.5, 0.6) is 0 Å². The van der Waals surface area contributed by atoms with Crippen LogP contribution in [0.15, 0.2) is 0 Å². The molecule has 7 heteroatoms. The standard InChI is InChI=1S/2Fe.5H2O/h;;5*1H2/q2*+2;;;;;/p-4. The summed E-state index contributed by atoms with van der Waals surface area (Å²) in [6.45, 7) is 0. The molecule has 0 spiro atoms. The predicted molar refractivity (Wildman–Crippen MR) is 11.4 cm³/mol. The topological polar surface area (TPSA) is 152 Å². The summed E-state index contributed by atoms with van der Waals surface area (Å²) >= 11 is 0. The summed E-state index contributed by atoms with van der Waals surface area (Å²) < 4.78 is 0. The van der Waals surface area contributed by atoms with Gasteiger partial charge in [0.1, 0.15) is 0 Å². The average Bonchev–Trinajstić information content (AvgIpc) is 0. The first-order valence-electron chi connectivity index (χ1n) is 0. The Hall–Kier alpha value is 0.839. The summed E-state index contributed by atoms with van der Waals surface area (Å²) in [7, 11) is 0. The van der Waals surface area contributed by atoms with Crippen molar-refractivity contribution in [3.63, 3.8) is 0 Å². The van der Waals surface area contributed by atoms with E-state index in [9.17, 15) is 0 Å². The van der Waals surface area contributed by atoms with E-state index in [1.54, 1.807) is 0 Å². The summed E-state index contributed by atoms with van der Waals surface area (Å²) in [5.41, 5.74) is 0. The van der Waals surface area contributed by atoms with Gasteiger partial charge in [0, 0.05) is 0 Å². The maximum absolute atomic E-state index is 0. The Morgan fingerprint density at radius 1 is 0.429 bits per heavy atom. The predicted octanol–water partition coefficient (Wildman–Crippen LogP) is -1.54. The second kappa shape index (κ2) is 331. The molecule has 5 nitrogen and oxygen atoms in total. The summed E-state index contributed by atoms with van der Waals surface area (Å²) in [6, 6.07) is 0. The van der Waals surface area contributed by atoms with Gasteiger partial charge >= 0.3 is 34.1 Å². The Morgan fingerprint density at radius 3 is 0.429 bits per heavy atom. The van der Waals surface area contributed by atoms with Gasteiger partial charge in [-0.1, -0.05) is 0 Å². The first kappa shape index (κ1) is 521. The minimum atomic E-state index is 0. The third-order valence-electron chi connectivity index (χ3n) is 0. The molecule has 0 saturated heterocycles. The van der Waals surface area contributed by atoms with Gasteiger partial charge in [-0.15, -0.1) is 0 Å². The molecule has 0 aromatic rings. The molecule has 6 N–H and O–H groups in total. The molecule has 0 saturated carbocycles. The molecule has 52 valence electrons. The zero-order valence-corrected chi connectivity index (χ0v) is 5.20. The van der Waals surface area contributed by atoms with Crippen molar-refractivity contribution in [2.24, 2.45) is 0 Å². The molecule has 0 aliphatic heterocycles. The molecule has 0 aliphatic carbocycles. The van der Waals surface area contributed by atoms with Crippen molar-refractivity contribution in [2.75, 3.05) is 0 Å². The van der Waals surface area contributed by atoms with E-state index in [0.717, 1.165) is 0 Å². The fourth-order valence-electron chi connectivity index (χ4n) is 0. The SMILES string of the molecule is O.[Fe+2].[Fe+2].[OH-].[OH-].[OH-].[OH-]. The van der Waals surface area contributed by atoms with E-state index in [-0.39, 0.29) is 61.5 Å². The Kier molecular flexibility index (Phi) is 24700. The zero-order valence-electron chi connectivity index (χ0n) is 3.00. The van der Waals surface area contributed by atoms with Crippen LogP contribution in [-0.2, 0) is 34.1 Å². The van der Waals surface area contributed by atoms with Crippen LogP contribution < -0.4 is 0 Å².